The number of anilines is 1. The summed E-state index contributed by atoms with van der Waals surface area (Å²) in [7, 11) is 1.47. The molecule has 0 saturated heterocycles. The van der Waals surface area contributed by atoms with E-state index in [1.165, 1.54) is 18.0 Å². The molecule has 1 heterocycles. The molecule has 1 aromatic heterocycles. The molecular formula is C12H18N4O4. The molecule has 1 amide bonds. The number of aliphatic hydroxyl groups is 1. The van der Waals surface area contributed by atoms with Crippen LogP contribution < -0.4 is 5.32 Å². The summed E-state index contributed by atoms with van der Waals surface area (Å²) in [4.78, 5) is 27.6. The topological polar surface area (TPSA) is 109 Å². The van der Waals surface area contributed by atoms with E-state index in [2.05, 4.69) is 10.3 Å². The number of amides is 1. The number of nitrogens with zero attached hydrogens (tertiary/aromatic N) is 3. The Morgan fingerprint density at radius 1 is 1.60 bits per heavy atom. The molecule has 8 nitrogen and oxygen atoms in total. The molecule has 1 rings (SSSR count). The van der Waals surface area contributed by atoms with Gasteiger partial charge in [0.25, 0.3) is 11.6 Å². The molecule has 8 heteroatoms. The standard InChI is InChI=1S/C12H18N4O4/c1-3-4-13-11-7-9(10(8-14-11)16(19)20)12(18)15(2)5-6-17/h7-8,17H,3-6H2,1-2H3,(H,13,14). The molecule has 0 aliphatic rings. The maximum absolute atomic E-state index is 12.1. The largest absolute Gasteiger partial charge is 0.395 e. The zero-order valence-electron chi connectivity index (χ0n) is 11.5. The molecule has 2 N–H and O–H groups in total. The number of likely N-dealkylation sites (N-methyl/N-ethyl adjacent to an activating group) is 1. The second-order valence-electron chi connectivity index (χ2n) is 4.22. The van der Waals surface area contributed by atoms with Gasteiger partial charge in [-0.3, -0.25) is 14.9 Å². The first-order chi connectivity index (χ1) is 9.51. The van der Waals surface area contributed by atoms with Crippen LogP contribution in [0.4, 0.5) is 11.5 Å². The van der Waals surface area contributed by atoms with Crippen molar-refractivity contribution < 1.29 is 14.8 Å². The second-order valence-corrected chi connectivity index (χ2v) is 4.22. The van der Waals surface area contributed by atoms with E-state index in [4.69, 9.17) is 5.11 Å². The smallest absolute Gasteiger partial charge is 0.300 e. The first-order valence-corrected chi connectivity index (χ1v) is 6.25. The molecule has 0 aliphatic carbocycles. The molecule has 20 heavy (non-hydrogen) atoms. The second kappa shape index (κ2) is 7.39. The van der Waals surface area contributed by atoms with E-state index in [-0.39, 0.29) is 24.4 Å². The zero-order chi connectivity index (χ0) is 15.1. The van der Waals surface area contributed by atoms with E-state index in [1.807, 2.05) is 6.92 Å². The average Bonchev–Trinajstić information content (AvgIpc) is 2.44. The molecule has 0 atom stereocenters. The van der Waals surface area contributed by atoms with Gasteiger partial charge in [0.1, 0.15) is 17.6 Å². The molecule has 0 aromatic carbocycles. The summed E-state index contributed by atoms with van der Waals surface area (Å²) >= 11 is 0. The van der Waals surface area contributed by atoms with Crippen molar-refractivity contribution in [3.63, 3.8) is 0 Å². The van der Waals surface area contributed by atoms with Crippen LogP contribution >= 0.6 is 0 Å². The van der Waals surface area contributed by atoms with Crippen LogP contribution in [0.3, 0.4) is 0 Å². The number of nitro groups is 1. The van der Waals surface area contributed by atoms with E-state index in [9.17, 15) is 14.9 Å². The van der Waals surface area contributed by atoms with Gasteiger partial charge < -0.3 is 15.3 Å². The lowest BCUT2D eigenvalue weighted by Gasteiger charge is -2.16. The Balaban J connectivity index is 3.11. The van der Waals surface area contributed by atoms with Crippen molar-refractivity contribution in [2.45, 2.75) is 13.3 Å². The van der Waals surface area contributed by atoms with Crippen molar-refractivity contribution >= 4 is 17.4 Å². The number of hydrogen-bond donors (Lipinski definition) is 2. The van der Waals surface area contributed by atoms with Crippen LogP contribution in [-0.2, 0) is 0 Å². The number of aliphatic hydroxyl groups excluding tert-OH is 1. The molecule has 0 unspecified atom stereocenters. The van der Waals surface area contributed by atoms with Crippen molar-refractivity contribution in [1.82, 2.24) is 9.88 Å². The molecule has 0 aliphatic heterocycles. The summed E-state index contributed by atoms with van der Waals surface area (Å²) in [6, 6.07) is 1.37. The minimum Gasteiger partial charge on any atom is -0.395 e. The van der Waals surface area contributed by atoms with Crippen LogP contribution in [0.15, 0.2) is 12.3 Å². The predicted octanol–water partition coefficient (Wildman–Crippen LogP) is 0.876. The molecule has 0 radical (unpaired) electrons. The predicted molar refractivity (Wildman–Crippen MR) is 73.7 cm³/mol. The third-order valence-corrected chi connectivity index (χ3v) is 2.65. The third-order valence-electron chi connectivity index (χ3n) is 2.65. The molecular weight excluding hydrogens is 264 g/mol. The first-order valence-electron chi connectivity index (χ1n) is 6.25. The van der Waals surface area contributed by atoms with Gasteiger partial charge in [0.2, 0.25) is 0 Å². The summed E-state index contributed by atoms with van der Waals surface area (Å²) in [6.07, 6.45) is 1.93. The van der Waals surface area contributed by atoms with Gasteiger partial charge in [0, 0.05) is 26.2 Å². The van der Waals surface area contributed by atoms with Crippen molar-refractivity contribution in [3.8, 4) is 0 Å². The van der Waals surface area contributed by atoms with Crippen LogP contribution in [-0.4, -0.2) is 52.6 Å². The first kappa shape index (κ1) is 15.8. The fraction of sp³-hybridized carbons (Fsp3) is 0.500. The van der Waals surface area contributed by atoms with Crippen LogP contribution in [0.1, 0.15) is 23.7 Å². The van der Waals surface area contributed by atoms with E-state index in [0.29, 0.717) is 12.4 Å². The quantitative estimate of drug-likeness (QED) is 0.567. The number of aromatic nitrogens is 1. The number of pyridine rings is 1. The van der Waals surface area contributed by atoms with Gasteiger partial charge in [-0.2, -0.15) is 0 Å². The normalized spacial score (nSPS) is 10.2. The van der Waals surface area contributed by atoms with Crippen molar-refractivity contribution in [3.05, 3.63) is 27.9 Å². The Hall–Kier alpha value is -2.22. The number of nitrogens with one attached hydrogen (secondary N) is 1. The summed E-state index contributed by atoms with van der Waals surface area (Å²) in [5, 5.41) is 22.8. The van der Waals surface area contributed by atoms with Gasteiger partial charge >= 0.3 is 0 Å². The Morgan fingerprint density at radius 2 is 2.30 bits per heavy atom. The Bertz CT molecular complexity index is 492. The highest BCUT2D eigenvalue weighted by Gasteiger charge is 2.24. The van der Waals surface area contributed by atoms with Gasteiger partial charge in [-0.25, -0.2) is 4.98 Å². The van der Waals surface area contributed by atoms with E-state index in [1.54, 1.807) is 0 Å². The summed E-state index contributed by atoms with van der Waals surface area (Å²) in [6.45, 7) is 2.53. The molecule has 110 valence electrons. The maximum Gasteiger partial charge on any atom is 0.300 e. The van der Waals surface area contributed by atoms with Crippen LogP contribution in [0.25, 0.3) is 0 Å². The van der Waals surface area contributed by atoms with Crippen molar-refractivity contribution in [1.29, 1.82) is 0 Å². The highest BCUT2D eigenvalue weighted by atomic mass is 16.6. The van der Waals surface area contributed by atoms with Crippen LogP contribution in [0.2, 0.25) is 0 Å². The van der Waals surface area contributed by atoms with Gasteiger partial charge in [-0.05, 0) is 6.42 Å². The fourth-order valence-electron chi connectivity index (χ4n) is 1.57. The van der Waals surface area contributed by atoms with Gasteiger partial charge in [0.15, 0.2) is 0 Å². The summed E-state index contributed by atoms with van der Waals surface area (Å²) < 4.78 is 0. The SMILES string of the molecule is CCCNc1cc(C(=O)N(C)CCO)c([N+](=O)[O-])cn1. The van der Waals surface area contributed by atoms with E-state index >= 15 is 0 Å². The number of hydrogen-bond acceptors (Lipinski definition) is 6. The number of carbonyl (C=O) groups excluding carboxylic acids is 1. The fourth-order valence-corrected chi connectivity index (χ4v) is 1.57. The Morgan fingerprint density at radius 3 is 2.85 bits per heavy atom. The number of carbonyl (C=O) groups is 1. The highest BCUT2D eigenvalue weighted by molar-refractivity contribution is 5.98. The number of rotatable bonds is 7. The maximum atomic E-state index is 12.1. The minimum atomic E-state index is -0.642. The Kier molecular flexibility index (Phi) is 5.85. The molecule has 0 bridgehead atoms. The summed E-state index contributed by atoms with van der Waals surface area (Å²) in [5.74, 6) is -0.106. The Labute approximate surface area is 116 Å². The monoisotopic (exact) mass is 282 g/mol. The molecule has 0 spiro atoms. The van der Waals surface area contributed by atoms with Gasteiger partial charge in [-0.1, -0.05) is 6.92 Å². The van der Waals surface area contributed by atoms with Gasteiger partial charge in [-0.15, -0.1) is 0 Å². The van der Waals surface area contributed by atoms with Crippen molar-refractivity contribution in [2.24, 2.45) is 0 Å². The lowest BCUT2D eigenvalue weighted by Crippen LogP contribution is -2.30. The van der Waals surface area contributed by atoms with E-state index < -0.39 is 10.8 Å². The van der Waals surface area contributed by atoms with Crippen molar-refractivity contribution in [2.75, 3.05) is 32.1 Å². The molecule has 0 fully saturated rings. The van der Waals surface area contributed by atoms with E-state index in [0.717, 1.165) is 12.6 Å². The summed E-state index contributed by atoms with van der Waals surface area (Å²) in [5.41, 5.74) is -0.388. The minimum absolute atomic E-state index is 0.0421. The zero-order valence-corrected chi connectivity index (χ0v) is 11.5. The lowest BCUT2D eigenvalue weighted by molar-refractivity contribution is -0.385. The van der Waals surface area contributed by atoms with Gasteiger partial charge in [0.05, 0.1) is 11.5 Å². The van der Waals surface area contributed by atoms with Crippen LogP contribution in [0, 0.1) is 10.1 Å². The van der Waals surface area contributed by atoms with Crippen LogP contribution in [0.5, 0.6) is 0 Å². The lowest BCUT2D eigenvalue weighted by atomic mass is 10.2. The average molecular weight is 282 g/mol. The third kappa shape index (κ3) is 3.89. The highest BCUT2D eigenvalue weighted by Crippen LogP contribution is 2.21. The molecule has 0 saturated carbocycles. The molecule has 1 aromatic rings.